The normalized spacial score (nSPS) is 10.7. The van der Waals surface area contributed by atoms with Crippen LogP contribution in [0.4, 0.5) is 0 Å². The van der Waals surface area contributed by atoms with E-state index >= 15 is 0 Å². The van der Waals surface area contributed by atoms with Crippen molar-refractivity contribution in [1.82, 2.24) is 0 Å². The van der Waals surface area contributed by atoms with Gasteiger partial charge in [-0.2, -0.15) is 0 Å². The van der Waals surface area contributed by atoms with Crippen molar-refractivity contribution in [2.45, 2.75) is 46.0 Å². The Labute approximate surface area is 81.5 Å². The first-order chi connectivity index (χ1) is 6.27. The van der Waals surface area contributed by atoms with Crippen molar-refractivity contribution < 1.29 is 4.79 Å². The third-order valence-electron chi connectivity index (χ3n) is 1.95. The van der Waals surface area contributed by atoms with E-state index in [9.17, 15) is 4.79 Å². The zero-order chi connectivity index (χ0) is 9.94. The summed E-state index contributed by atoms with van der Waals surface area (Å²) in [6.45, 7) is 4.52. The predicted octanol–water partition coefficient (Wildman–Crippen LogP) is 3.54. The van der Waals surface area contributed by atoms with Crippen LogP contribution >= 0.6 is 0 Å². The van der Waals surface area contributed by atoms with E-state index in [0.29, 0.717) is 0 Å². The summed E-state index contributed by atoms with van der Waals surface area (Å²) in [5.41, 5.74) is 0. The van der Waals surface area contributed by atoms with E-state index in [0.717, 1.165) is 12.3 Å². The van der Waals surface area contributed by atoms with Gasteiger partial charge >= 0.3 is 0 Å². The van der Waals surface area contributed by atoms with Crippen molar-refractivity contribution in [2.24, 2.45) is 5.92 Å². The molecule has 0 amide bonds. The Morgan fingerprint density at radius 1 is 1.23 bits per heavy atom. The monoisotopic (exact) mass is 180 g/mol. The minimum Gasteiger partial charge on any atom is -0.234 e. The molecule has 0 bridgehead atoms. The SMILES string of the molecule is CC(C)CCCCC/C=C/C=C=O. The molecule has 0 aliphatic rings. The van der Waals surface area contributed by atoms with Crippen LogP contribution in [0.25, 0.3) is 0 Å². The van der Waals surface area contributed by atoms with Crippen molar-refractivity contribution in [3.63, 3.8) is 0 Å². The van der Waals surface area contributed by atoms with Crippen LogP contribution in [0.1, 0.15) is 46.0 Å². The third kappa shape index (κ3) is 11.2. The van der Waals surface area contributed by atoms with E-state index in [1.807, 2.05) is 6.08 Å². The van der Waals surface area contributed by atoms with Gasteiger partial charge in [-0.25, -0.2) is 4.79 Å². The van der Waals surface area contributed by atoms with Gasteiger partial charge in [-0.3, -0.25) is 0 Å². The number of hydrogen-bond donors (Lipinski definition) is 0. The molecular weight excluding hydrogens is 160 g/mol. The summed E-state index contributed by atoms with van der Waals surface area (Å²) in [6.07, 6.45) is 11.5. The topological polar surface area (TPSA) is 17.1 Å². The lowest BCUT2D eigenvalue weighted by Gasteiger charge is -2.02. The zero-order valence-corrected chi connectivity index (χ0v) is 8.75. The highest BCUT2D eigenvalue weighted by Crippen LogP contribution is 2.09. The number of unbranched alkanes of at least 4 members (excludes halogenated alkanes) is 3. The molecule has 0 aromatic heterocycles. The highest BCUT2D eigenvalue weighted by Gasteiger charge is 1.92. The number of carbonyl (C=O) groups excluding carboxylic acids is 1. The van der Waals surface area contributed by atoms with E-state index in [1.165, 1.54) is 31.8 Å². The van der Waals surface area contributed by atoms with Crippen LogP contribution in [0.2, 0.25) is 0 Å². The smallest absolute Gasteiger partial charge is 0.124 e. The van der Waals surface area contributed by atoms with Crippen LogP contribution in [0.3, 0.4) is 0 Å². The molecule has 0 saturated heterocycles. The van der Waals surface area contributed by atoms with E-state index in [-0.39, 0.29) is 0 Å². The van der Waals surface area contributed by atoms with Crippen molar-refractivity contribution in [3.8, 4) is 0 Å². The lowest BCUT2D eigenvalue weighted by atomic mass is 10.0. The van der Waals surface area contributed by atoms with Crippen LogP contribution < -0.4 is 0 Å². The molecule has 0 unspecified atom stereocenters. The zero-order valence-electron chi connectivity index (χ0n) is 8.75. The lowest BCUT2D eigenvalue weighted by molar-refractivity contribution is 0.528. The highest BCUT2D eigenvalue weighted by molar-refractivity contribution is 5.48. The van der Waals surface area contributed by atoms with Crippen LogP contribution in [0.5, 0.6) is 0 Å². The average molecular weight is 180 g/mol. The summed E-state index contributed by atoms with van der Waals surface area (Å²) >= 11 is 0. The second-order valence-corrected chi connectivity index (χ2v) is 3.74. The fourth-order valence-electron chi connectivity index (χ4n) is 1.20. The Kier molecular flexibility index (Phi) is 8.70. The first-order valence-electron chi connectivity index (χ1n) is 5.13. The molecule has 0 aromatic carbocycles. The second-order valence-electron chi connectivity index (χ2n) is 3.74. The maximum atomic E-state index is 9.78. The molecule has 0 saturated carbocycles. The Bertz CT molecular complexity index is 174. The summed E-state index contributed by atoms with van der Waals surface area (Å²) in [4.78, 5) is 9.78. The molecular formula is C12H20O. The molecule has 1 heteroatoms. The standard InChI is InChI=1S/C12H20O/c1-12(2)10-8-6-4-3-5-7-9-11-13/h5,7,9,12H,3-4,6,8,10H2,1-2H3/b7-5+. The predicted molar refractivity (Wildman–Crippen MR) is 57.3 cm³/mol. The minimum absolute atomic E-state index is 0.827. The fraction of sp³-hybridized carbons (Fsp3) is 0.667. The van der Waals surface area contributed by atoms with Crippen molar-refractivity contribution in [2.75, 3.05) is 0 Å². The number of rotatable bonds is 7. The number of allylic oxidation sites excluding steroid dienone is 3. The van der Waals surface area contributed by atoms with Gasteiger partial charge in [0.25, 0.3) is 0 Å². The van der Waals surface area contributed by atoms with Gasteiger partial charge in [0.05, 0.1) is 0 Å². The molecule has 0 aromatic rings. The molecule has 0 aliphatic heterocycles. The van der Waals surface area contributed by atoms with Crippen LogP contribution in [0.15, 0.2) is 18.2 Å². The fourth-order valence-corrected chi connectivity index (χ4v) is 1.20. The Morgan fingerprint density at radius 3 is 2.62 bits per heavy atom. The van der Waals surface area contributed by atoms with Gasteiger partial charge in [0.15, 0.2) is 0 Å². The lowest BCUT2D eigenvalue weighted by Crippen LogP contribution is -1.86. The molecule has 0 fully saturated rings. The van der Waals surface area contributed by atoms with E-state index in [1.54, 1.807) is 12.0 Å². The summed E-state index contributed by atoms with van der Waals surface area (Å²) in [6, 6.07) is 0. The second kappa shape index (κ2) is 9.28. The molecule has 0 heterocycles. The first kappa shape index (κ1) is 12.2. The van der Waals surface area contributed by atoms with Gasteiger partial charge in [0.1, 0.15) is 5.94 Å². The maximum absolute atomic E-state index is 9.78. The van der Waals surface area contributed by atoms with Gasteiger partial charge in [-0.1, -0.05) is 45.3 Å². The van der Waals surface area contributed by atoms with Gasteiger partial charge in [0.2, 0.25) is 0 Å². The third-order valence-corrected chi connectivity index (χ3v) is 1.95. The Morgan fingerprint density at radius 2 is 2.00 bits per heavy atom. The van der Waals surface area contributed by atoms with E-state index in [4.69, 9.17) is 0 Å². The molecule has 13 heavy (non-hydrogen) atoms. The van der Waals surface area contributed by atoms with Crippen molar-refractivity contribution in [3.05, 3.63) is 18.2 Å². The molecule has 0 aliphatic carbocycles. The van der Waals surface area contributed by atoms with Crippen LogP contribution in [-0.2, 0) is 4.79 Å². The van der Waals surface area contributed by atoms with Gasteiger partial charge in [-0.05, 0) is 18.8 Å². The summed E-state index contributed by atoms with van der Waals surface area (Å²) in [5, 5.41) is 0. The average Bonchev–Trinajstić information content (AvgIpc) is 2.09. The van der Waals surface area contributed by atoms with Crippen molar-refractivity contribution in [1.29, 1.82) is 0 Å². The number of hydrogen-bond acceptors (Lipinski definition) is 1. The molecule has 0 N–H and O–H groups in total. The molecule has 0 atom stereocenters. The maximum Gasteiger partial charge on any atom is 0.124 e. The molecule has 0 spiro atoms. The summed E-state index contributed by atoms with van der Waals surface area (Å²) in [7, 11) is 0. The molecule has 0 radical (unpaired) electrons. The Balaban J connectivity index is 3.12. The van der Waals surface area contributed by atoms with E-state index in [2.05, 4.69) is 13.8 Å². The molecule has 1 nitrogen and oxygen atoms in total. The quantitative estimate of drug-likeness (QED) is 0.333. The van der Waals surface area contributed by atoms with Gasteiger partial charge < -0.3 is 0 Å². The minimum atomic E-state index is 0.827. The van der Waals surface area contributed by atoms with E-state index < -0.39 is 0 Å². The molecule has 74 valence electrons. The van der Waals surface area contributed by atoms with Crippen LogP contribution in [0, 0.1) is 5.92 Å². The van der Waals surface area contributed by atoms with Crippen LogP contribution in [-0.4, -0.2) is 5.94 Å². The largest absolute Gasteiger partial charge is 0.234 e. The molecule has 0 rings (SSSR count). The highest BCUT2D eigenvalue weighted by atomic mass is 16.1. The first-order valence-corrected chi connectivity index (χ1v) is 5.13. The summed E-state index contributed by atoms with van der Waals surface area (Å²) in [5.74, 6) is 2.55. The van der Waals surface area contributed by atoms with Gasteiger partial charge in [0, 0.05) is 6.08 Å². The van der Waals surface area contributed by atoms with Crippen molar-refractivity contribution >= 4 is 5.94 Å². The van der Waals surface area contributed by atoms with Gasteiger partial charge in [-0.15, -0.1) is 0 Å². The summed E-state index contributed by atoms with van der Waals surface area (Å²) < 4.78 is 0. The Hall–Kier alpha value is -0.810.